The van der Waals surface area contributed by atoms with Gasteiger partial charge in [0.25, 0.3) is 5.97 Å². The van der Waals surface area contributed by atoms with Crippen molar-refractivity contribution in [1.82, 2.24) is 4.90 Å². The van der Waals surface area contributed by atoms with Crippen molar-refractivity contribution < 1.29 is 37.0 Å². The lowest BCUT2D eigenvalue weighted by molar-refractivity contribution is -0.138. The summed E-state index contributed by atoms with van der Waals surface area (Å²) >= 11 is 5.73. The van der Waals surface area contributed by atoms with Gasteiger partial charge < -0.3 is 15.1 Å². The van der Waals surface area contributed by atoms with Crippen molar-refractivity contribution in [2.75, 3.05) is 19.6 Å². The van der Waals surface area contributed by atoms with Gasteiger partial charge in [0.15, 0.2) is 0 Å². The second-order valence-corrected chi connectivity index (χ2v) is 10.3. The zero-order valence-electron chi connectivity index (χ0n) is 21.9. The molecule has 0 atom stereocenters. The maximum absolute atomic E-state index is 13.4. The number of nitrogens with zero attached hydrogens (tertiary/aromatic N) is 1. The van der Waals surface area contributed by atoms with Crippen LogP contribution in [0, 0.1) is 11.6 Å². The maximum Gasteiger partial charge on any atom is 0.417 e. The minimum atomic E-state index is -4.59. The number of benzene rings is 3. The number of hydrogen-bond donors (Lipinski definition) is 2. The minimum absolute atomic E-state index is 0.0252. The number of carboxylic acids is 1. The van der Waals surface area contributed by atoms with Crippen molar-refractivity contribution in [2.24, 2.45) is 0 Å². The van der Waals surface area contributed by atoms with Crippen LogP contribution in [-0.2, 0) is 16.6 Å². The molecule has 0 spiro atoms. The van der Waals surface area contributed by atoms with Crippen molar-refractivity contribution in [3.05, 3.63) is 106 Å². The van der Waals surface area contributed by atoms with Gasteiger partial charge in [-0.25, -0.2) is 8.78 Å². The zero-order chi connectivity index (χ0) is 29.5. The van der Waals surface area contributed by atoms with Crippen LogP contribution in [0.2, 0.25) is 5.02 Å². The molecule has 4 rings (SSSR count). The summed E-state index contributed by atoms with van der Waals surface area (Å²) in [4.78, 5) is 11.2. The van der Waals surface area contributed by atoms with Crippen LogP contribution in [0.3, 0.4) is 0 Å². The molecule has 40 heavy (non-hydrogen) atoms. The monoisotopic (exact) mass is 583 g/mol. The second kappa shape index (κ2) is 13.6. The number of rotatable bonds is 7. The molecule has 216 valence electrons. The van der Waals surface area contributed by atoms with Crippen LogP contribution in [0.1, 0.15) is 60.8 Å². The van der Waals surface area contributed by atoms with E-state index in [4.69, 9.17) is 21.5 Å². The Labute approximate surface area is 235 Å². The fraction of sp³-hybridized carbons (Fsp3) is 0.367. The molecule has 0 bridgehead atoms. The van der Waals surface area contributed by atoms with Gasteiger partial charge in [-0.3, -0.25) is 4.79 Å². The molecule has 0 saturated carbocycles. The van der Waals surface area contributed by atoms with Gasteiger partial charge in [-0.15, -0.1) is 0 Å². The van der Waals surface area contributed by atoms with Gasteiger partial charge >= 0.3 is 6.18 Å². The van der Waals surface area contributed by atoms with Gasteiger partial charge in [0.1, 0.15) is 11.6 Å². The van der Waals surface area contributed by atoms with Crippen LogP contribution in [0.15, 0.2) is 66.7 Å². The molecule has 1 heterocycles. The third-order valence-corrected chi connectivity index (χ3v) is 7.33. The van der Waals surface area contributed by atoms with E-state index in [1.165, 1.54) is 36.4 Å². The van der Waals surface area contributed by atoms with Gasteiger partial charge in [0, 0.05) is 25.9 Å². The summed E-state index contributed by atoms with van der Waals surface area (Å²) < 4.78 is 66.7. The van der Waals surface area contributed by atoms with Crippen LogP contribution in [0.4, 0.5) is 22.0 Å². The van der Waals surface area contributed by atoms with Gasteiger partial charge in [0.05, 0.1) is 16.2 Å². The van der Waals surface area contributed by atoms with Crippen LogP contribution in [-0.4, -0.2) is 40.7 Å². The predicted molar refractivity (Wildman–Crippen MR) is 143 cm³/mol. The van der Waals surface area contributed by atoms with E-state index in [1.54, 1.807) is 24.3 Å². The lowest BCUT2D eigenvalue weighted by atomic mass is 9.83. The molecule has 0 unspecified atom stereocenters. The van der Waals surface area contributed by atoms with E-state index in [0.717, 1.165) is 43.5 Å². The van der Waals surface area contributed by atoms with Gasteiger partial charge in [-0.1, -0.05) is 41.9 Å². The number of hydrogen-bond acceptors (Lipinski definition) is 3. The molecular formula is C30H31ClF5NO3. The SMILES string of the molecule is CC(=O)O.OC1(c2ccc(Cl)c(C(F)(F)F)c2)CCN(CCCC(c2ccc(F)cc2)c2ccc(F)cc2)CC1. The fourth-order valence-electron chi connectivity index (χ4n) is 4.90. The summed E-state index contributed by atoms with van der Waals surface area (Å²) in [7, 11) is 0. The zero-order valence-corrected chi connectivity index (χ0v) is 22.7. The lowest BCUT2D eigenvalue weighted by Gasteiger charge is -2.39. The molecule has 10 heteroatoms. The Kier molecular flexibility index (Phi) is 10.7. The molecular weight excluding hydrogens is 553 g/mol. The van der Waals surface area contributed by atoms with E-state index >= 15 is 0 Å². The Morgan fingerprint density at radius 2 is 1.43 bits per heavy atom. The first-order valence-electron chi connectivity index (χ1n) is 12.8. The van der Waals surface area contributed by atoms with E-state index in [9.17, 15) is 27.1 Å². The van der Waals surface area contributed by atoms with Crippen LogP contribution in [0.5, 0.6) is 0 Å². The highest BCUT2D eigenvalue weighted by molar-refractivity contribution is 6.31. The summed E-state index contributed by atoms with van der Waals surface area (Å²) in [6.07, 6.45) is -2.41. The molecule has 1 aliphatic rings. The largest absolute Gasteiger partial charge is 0.481 e. The van der Waals surface area contributed by atoms with E-state index < -0.39 is 23.3 Å². The first-order valence-corrected chi connectivity index (χ1v) is 13.2. The summed E-state index contributed by atoms with van der Waals surface area (Å²) in [5.41, 5.74) is -0.165. The molecule has 1 fully saturated rings. The maximum atomic E-state index is 13.4. The van der Waals surface area contributed by atoms with E-state index in [2.05, 4.69) is 4.90 Å². The highest BCUT2D eigenvalue weighted by atomic mass is 35.5. The number of likely N-dealkylation sites (tertiary alicyclic amines) is 1. The number of aliphatic hydroxyl groups is 1. The molecule has 1 saturated heterocycles. The van der Waals surface area contributed by atoms with Crippen molar-refractivity contribution >= 4 is 17.6 Å². The summed E-state index contributed by atoms with van der Waals surface area (Å²) in [6, 6.07) is 16.2. The number of alkyl halides is 3. The van der Waals surface area contributed by atoms with Crippen molar-refractivity contribution in [2.45, 2.75) is 50.3 Å². The van der Waals surface area contributed by atoms with Crippen LogP contribution < -0.4 is 0 Å². The number of carbonyl (C=O) groups is 1. The number of halogens is 6. The lowest BCUT2D eigenvalue weighted by Crippen LogP contribution is -2.43. The standard InChI is InChI=1S/C28H27ClF5NO.C2H4O2/c29-26-12-7-21(18-25(26)28(32,33)34)27(36)13-16-35(17-14-27)15-1-2-24(19-3-8-22(30)9-4-19)20-5-10-23(31)11-6-20;1-2(3)4/h3-12,18,24,36H,1-2,13-17H2;1H3,(H,3,4). The summed E-state index contributed by atoms with van der Waals surface area (Å²) in [6.45, 7) is 2.90. The first-order chi connectivity index (χ1) is 18.8. The molecule has 0 aliphatic carbocycles. The Hall–Kier alpha value is -3.01. The van der Waals surface area contributed by atoms with Crippen molar-refractivity contribution in [3.8, 4) is 0 Å². The highest BCUT2D eigenvalue weighted by Gasteiger charge is 2.38. The number of aliphatic carboxylic acids is 1. The number of piperidine rings is 1. The summed E-state index contributed by atoms with van der Waals surface area (Å²) in [5.74, 6) is -1.50. The molecule has 0 aromatic heterocycles. The molecule has 3 aromatic rings. The fourth-order valence-corrected chi connectivity index (χ4v) is 5.13. The predicted octanol–water partition coefficient (Wildman–Crippen LogP) is 7.62. The highest BCUT2D eigenvalue weighted by Crippen LogP contribution is 2.40. The average Bonchev–Trinajstić information content (AvgIpc) is 2.88. The normalized spacial score (nSPS) is 15.4. The van der Waals surface area contributed by atoms with Crippen LogP contribution in [0.25, 0.3) is 0 Å². The van der Waals surface area contributed by atoms with Gasteiger partial charge in [-0.2, -0.15) is 13.2 Å². The van der Waals surface area contributed by atoms with Gasteiger partial charge in [0.2, 0.25) is 0 Å². The minimum Gasteiger partial charge on any atom is -0.481 e. The number of carboxylic acid groups (broad SMARTS) is 1. The molecule has 1 aliphatic heterocycles. The Bertz CT molecular complexity index is 1210. The second-order valence-electron chi connectivity index (χ2n) is 9.88. The van der Waals surface area contributed by atoms with Crippen molar-refractivity contribution in [1.29, 1.82) is 0 Å². The topological polar surface area (TPSA) is 60.8 Å². The molecule has 3 aromatic carbocycles. The van der Waals surface area contributed by atoms with Crippen molar-refractivity contribution in [3.63, 3.8) is 0 Å². The summed E-state index contributed by atoms with van der Waals surface area (Å²) in [5, 5.41) is 18.1. The smallest absolute Gasteiger partial charge is 0.417 e. The Morgan fingerprint density at radius 1 is 0.950 bits per heavy atom. The molecule has 2 N–H and O–H groups in total. The van der Waals surface area contributed by atoms with E-state index in [1.807, 2.05) is 0 Å². The molecule has 0 amide bonds. The Balaban J connectivity index is 0.00000103. The van der Waals surface area contributed by atoms with Gasteiger partial charge in [-0.05, 0) is 85.3 Å². The Morgan fingerprint density at radius 3 is 1.88 bits per heavy atom. The third kappa shape index (κ3) is 8.74. The third-order valence-electron chi connectivity index (χ3n) is 7.00. The molecule has 0 radical (unpaired) electrons. The average molecular weight is 584 g/mol. The first kappa shape index (κ1) is 31.5. The quantitative estimate of drug-likeness (QED) is 0.281. The van der Waals surface area contributed by atoms with Crippen LogP contribution >= 0.6 is 11.6 Å². The molecule has 4 nitrogen and oxygen atoms in total. The van der Waals surface area contributed by atoms with E-state index in [0.29, 0.717) is 25.9 Å². The van der Waals surface area contributed by atoms with E-state index in [-0.39, 0.29) is 28.1 Å².